The lowest BCUT2D eigenvalue weighted by molar-refractivity contribution is -0.143. The fraction of sp³-hybridized carbons (Fsp3) is 0.857. The molecule has 1 rings (SSSR count). The highest BCUT2D eigenvalue weighted by Crippen LogP contribution is 2.11. The van der Waals surface area contributed by atoms with E-state index in [-0.39, 0.29) is 11.9 Å². The minimum absolute atomic E-state index is 0.0255. The number of esters is 1. The number of hydrogen-bond donors (Lipinski definition) is 1. The summed E-state index contributed by atoms with van der Waals surface area (Å²) in [5.41, 5.74) is 0. The van der Waals surface area contributed by atoms with Gasteiger partial charge in [0.1, 0.15) is 0 Å². The largest absolute Gasteiger partial charge is 0.481 e. The summed E-state index contributed by atoms with van der Waals surface area (Å²) in [7, 11) is 0. The van der Waals surface area contributed by atoms with Gasteiger partial charge in [-0.05, 0) is 32.1 Å². The maximum Gasteiger partial charge on any atom is 0.306 e. The Kier molecular flexibility index (Phi) is 10.4. The van der Waals surface area contributed by atoms with Crippen molar-refractivity contribution in [2.45, 2.75) is 65.2 Å². The van der Waals surface area contributed by atoms with Crippen molar-refractivity contribution in [1.82, 2.24) is 0 Å². The summed E-state index contributed by atoms with van der Waals surface area (Å²) < 4.78 is 4.76. The molecule has 4 heteroatoms. The third-order valence-corrected chi connectivity index (χ3v) is 3.04. The molecular formula is C14H26O4. The summed E-state index contributed by atoms with van der Waals surface area (Å²) in [4.78, 5) is 20.9. The van der Waals surface area contributed by atoms with E-state index in [9.17, 15) is 9.59 Å². The van der Waals surface area contributed by atoms with E-state index in [0.29, 0.717) is 13.0 Å². The van der Waals surface area contributed by atoms with Gasteiger partial charge in [0.15, 0.2) is 0 Å². The summed E-state index contributed by atoms with van der Waals surface area (Å²) in [5, 5.41) is 8.60. The van der Waals surface area contributed by atoms with Crippen LogP contribution in [0.15, 0.2) is 0 Å². The molecule has 1 aliphatic rings. The van der Waals surface area contributed by atoms with Crippen LogP contribution in [0.25, 0.3) is 0 Å². The second kappa shape index (κ2) is 11.1. The fourth-order valence-corrected chi connectivity index (χ4v) is 1.76. The average molecular weight is 258 g/mol. The van der Waals surface area contributed by atoms with Crippen LogP contribution in [0.2, 0.25) is 0 Å². The van der Waals surface area contributed by atoms with E-state index < -0.39 is 5.97 Å². The quantitative estimate of drug-likeness (QED) is 0.768. The lowest BCUT2D eigenvalue weighted by Gasteiger charge is -2.06. The van der Waals surface area contributed by atoms with Gasteiger partial charge >= 0.3 is 11.9 Å². The van der Waals surface area contributed by atoms with E-state index in [2.05, 4.69) is 6.92 Å². The molecular weight excluding hydrogens is 232 g/mol. The summed E-state index contributed by atoms with van der Waals surface area (Å²) in [6.07, 6.45) is 7.54. The van der Waals surface area contributed by atoms with Gasteiger partial charge in [0.25, 0.3) is 0 Å². The molecule has 1 unspecified atom stereocenters. The lowest BCUT2D eigenvalue weighted by atomic mass is 10.00. The number of carboxylic acid groups (broad SMARTS) is 1. The number of rotatable bonds is 5. The normalized spacial score (nSPS) is 16.9. The minimum Gasteiger partial charge on any atom is -0.481 e. The summed E-state index contributed by atoms with van der Waals surface area (Å²) in [6, 6.07) is 0. The first-order valence-corrected chi connectivity index (χ1v) is 7.00. The lowest BCUT2D eigenvalue weighted by Crippen LogP contribution is -2.11. The van der Waals surface area contributed by atoms with Gasteiger partial charge in [0.2, 0.25) is 0 Å². The number of carbonyl (C=O) groups excluding carboxylic acids is 1. The molecule has 0 spiro atoms. The number of hydrogen-bond acceptors (Lipinski definition) is 3. The van der Waals surface area contributed by atoms with Gasteiger partial charge in [-0.2, -0.15) is 0 Å². The Labute approximate surface area is 110 Å². The van der Waals surface area contributed by atoms with Crippen molar-refractivity contribution in [3.05, 3.63) is 0 Å². The van der Waals surface area contributed by atoms with Gasteiger partial charge in [0.05, 0.1) is 12.5 Å². The highest BCUT2D eigenvalue weighted by atomic mass is 16.5. The van der Waals surface area contributed by atoms with Crippen LogP contribution in [0.4, 0.5) is 0 Å². The molecule has 106 valence electrons. The van der Waals surface area contributed by atoms with Crippen molar-refractivity contribution in [3.8, 4) is 0 Å². The van der Waals surface area contributed by atoms with Crippen molar-refractivity contribution in [2.24, 2.45) is 5.92 Å². The number of unbranched alkanes of at least 4 members (excludes halogenated alkanes) is 1. The molecule has 18 heavy (non-hydrogen) atoms. The molecule has 0 aromatic rings. The van der Waals surface area contributed by atoms with Crippen molar-refractivity contribution >= 4 is 11.9 Å². The minimum atomic E-state index is -0.643. The molecule has 0 aromatic heterocycles. The molecule has 0 saturated carbocycles. The smallest absolute Gasteiger partial charge is 0.306 e. The summed E-state index contributed by atoms with van der Waals surface area (Å²) in [6.45, 7) is 4.64. The van der Waals surface area contributed by atoms with Crippen LogP contribution in [-0.4, -0.2) is 23.7 Å². The Morgan fingerprint density at radius 3 is 2.61 bits per heavy atom. The summed E-state index contributed by atoms with van der Waals surface area (Å²) >= 11 is 0. The van der Waals surface area contributed by atoms with Gasteiger partial charge in [-0.1, -0.05) is 26.7 Å². The van der Waals surface area contributed by atoms with Gasteiger partial charge in [-0.15, -0.1) is 0 Å². The molecule has 1 aliphatic heterocycles. The molecule has 1 atom stereocenters. The molecule has 1 N–H and O–H groups in total. The molecule has 0 radical (unpaired) electrons. The molecule has 1 saturated heterocycles. The fourth-order valence-electron chi connectivity index (χ4n) is 1.76. The van der Waals surface area contributed by atoms with Crippen LogP contribution in [0, 0.1) is 5.92 Å². The molecule has 1 heterocycles. The monoisotopic (exact) mass is 258 g/mol. The Balaban J connectivity index is 0.000000327. The Bertz CT molecular complexity index is 228. The zero-order chi connectivity index (χ0) is 13.8. The Morgan fingerprint density at radius 2 is 2.06 bits per heavy atom. The van der Waals surface area contributed by atoms with E-state index >= 15 is 0 Å². The number of ether oxygens (including phenoxy) is 1. The van der Waals surface area contributed by atoms with Crippen LogP contribution in [0.5, 0.6) is 0 Å². The van der Waals surface area contributed by atoms with Gasteiger partial charge < -0.3 is 9.84 Å². The van der Waals surface area contributed by atoms with Crippen LogP contribution in [-0.2, 0) is 14.3 Å². The average Bonchev–Trinajstić information content (AvgIpc) is 2.58. The van der Waals surface area contributed by atoms with E-state index in [0.717, 1.165) is 44.9 Å². The molecule has 0 amide bonds. The molecule has 0 aliphatic carbocycles. The highest BCUT2D eigenvalue weighted by Gasteiger charge is 2.12. The standard InChI is InChI=1S/C8H16O2.C6H10O2/c1-3-5-6-7(4-2)8(9)10;7-6-4-2-1-3-5-8-6/h7H,3-6H2,1-2H3,(H,9,10);1-5H2. The van der Waals surface area contributed by atoms with Gasteiger partial charge in [-0.3, -0.25) is 9.59 Å². The third kappa shape index (κ3) is 9.02. The first-order valence-electron chi connectivity index (χ1n) is 7.00. The molecule has 0 aromatic carbocycles. The second-order valence-electron chi connectivity index (χ2n) is 4.62. The zero-order valence-corrected chi connectivity index (χ0v) is 11.6. The molecule has 1 fully saturated rings. The van der Waals surface area contributed by atoms with E-state index in [1.54, 1.807) is 0 Å². The molecule has 0 bridgehead atoms. The number of aliphatic carboxylic acids is 1. The third-order valence-electron chi connectivity index (χ3n) is 3.04. The van der Waals surface area contributed by atoms with Crippen LogP contribution < -0.4 is 0 Å². The van der Waals surface area contributed by atoms with Crippen molar-refractivity contribution < 1.29 is 19.4 Å². The maximum absolute atomic E-state index is 10.5. The number of carboxylic acids is 1. The topological polar surface area (TPSA) is 63.6 Å². The Morgan fingerprint density at radius 1 is 1.33 bits per heavy atom. The molecule has 4 nitrogen and oxygen atoms in total. The van der Waals surface area contributed by atoms with E-state index in [1.807, 2.05) is 6.92 Å². The summed E-state index contributed by atoms with van der Waals surface area (Å²) in [5.74, 6) is -0.779. The highest BCUT2D eigenvalue weighted by molar-refractivity contribution is 5.69. The predicted molar refractivity (Wildman–Crippen MR) is 70.4 cm³/mol. The van der Waals surface area contributed by atoms with Crippen molar-refractivity contribution in [2.75, 3.05) is 6.61 Å². The van der Waals surface area contributed by atoms with Crippen molar-refractivity contribution in [3.63, 3.8) is 0 Å². The van der Waals surface area contributed by atoms with Crippen LogP contribution in [0.1, 0.15) is 65.2 Å². The zero-order valence-electron chi connectivity index (χ0n) is 11.6. The first-order chi connectivity index (χ1) is 8.61. The van der Waals surface area contributed by atoms with E-state index in [1.165, 1.54) is 0 Å². The van der Waals surface area contributed by atoms with E-state index in [4.69, 9.17) is 9.84 Å². The number of carbonyl (C=O) groups is 2. The maximum atomic E-state index is 10.5. The van der Waals surface area contributed by atoms with Crippen LogP contribution >= 0.6 is 0 Å². The predicted octanol–water partition coefficient (Wildman–Crippen LogP) is 3.39. The van der Waals surface area contributed by atoms with Gasteiger partial charge in [0, 0.05) is 6.42 Å². The van der Waals surface area contributed by atoms with Gasteiger partial charge in [-0.25, -0.2) is 0 Å². The SMILES string of the molecule is CCCCC(CC)C(=O)O.O=C1CCCCCO1. The van der Waals surface area contributed by atoms with Crippen molar-refractivity contribution in [1.29, 1.82) is 0 Å². The first kappa shape index (κ1) is 16.9. The second-order valence-corrected chi connectivity index (χ2v) is 4.62. The number of cyclic esters (lactones) is 1. The Hall–Kier alpha value is -1.06. The van der Waals surface area contributed by atoms with Crippen LogP contribution in [0.3, 0.4) is 0 Å².